The molecule has 13 heteroatoms. The Kier molecular flexibility index (Phi) is 10.4. The highest BCUT2D eigenvalue weighted by atomic mass is 32.2. The van der Waals surface area contributed by atoms with Crippen molar-refractivity contribution in [2.75, 3.05) is 6.54 Å². The maximum atomic E-state index is 13.7. The summed E-state index contributed by atoms with van der Waals surface area (Å²) in [5, 5.41) is 15.7. The largest absolute Gasteiger partial charge is 0.444 e. The molecule has 0 aromatic rings. The number of carbonyl (C=O) groups is 4. The van der Waals surface area contributed by atoms with Crippen LogP contribution in [0.3, 0.4) is 0 Å². The molecule has 0 radical (unpaired) electrons. The summed E-state index contributed by atoms with van der Waals surface area (Å²) in [6, 6.07) is -2.04. The fourth-order valence-corrected chi connectivity index (χ4v) is 6.31. The van der Waals surface area contributed by atoms with Crippen LogP contribution in [0, 0.1) is 0 Å². The van der Waals surface area contributed by atoms with Gasteiger partial charge in [0.2, 0.25) is 21.8 Å². The smallest absolute Gasteiger partial charge is 0.408 e. The van der Waals surface area contributed by atoms with Crippen LogP contribution >= 0.6 is 0 Å². The van der Waals surface area contributed by atoms with Gasteiger partial charge in [-0.1, -0.05) is 45.4 Å². The summed E-state index contributed by atoms with van der Waals surface area (Å²) in [5.41, 5.74) is -2.14. The third-order valence-electron chi connectivity index (χ3n) is 8.08. The van der Waals surface area contributed by atoms with Crippen molar-refractivity contribution in [2.45, 2.75) is 146 Å². The van der Waals surface area contributed by atoms with Crippen LogP contribution in [0.1, 0.15) is 112 Å². The van der Waals surface area contributed by atoms with Gasteiger partial charge in [-0.2, -0.15) is 0 Å². The number of β-amino-alcohol motifs (C(OH)–C–C–N with tert-alkyl or cyclic N) is 1. The zero-order valence-corrected chi connectivity index (χ0v) is 25.9. The van der Waals surface area contributed by atoms with Crippen LogP contribution in [-0.4, -0.2) is 82.9 Å². The van der Waals surface area contributed by atoms with E-state index in [0.29, 0.717) is 25.7 Å². The number of alkyl carbamates (subject to hydrolysis) is 1. The minimum atomic E-state index is -3.88. The zero-order chi connectivity index (χ0) is 30.6. The Morgan fingerprint density at radius 1 is 1.02 bits per heavy atom. The first-order valence-corrected chi connectivity index (χ1v) is 16.4. The van der Waals surface area contributed by atoms with Gasteiger partial charge in [-0.3, -0.25) is 19.1 Å². The van der Waals surface area contributed by atoms with E-state index in [1.807, 2.05) is 0 Å². The monoisotopic (exact) mass is 600 g/mol. The number of rotatable bonds is 14. The number of ether oxygens (including phenoxy) is 1. The second-order valence-electron chi connectivity index (χ2n) is 13.1. The SMILES string of the molecule is CCCCCCCC[C@H](NC(=O)OC(C)(C)C)C(=O)N1C[C@H](O)C[C@H]1C(=O)NC1(C(=O)NS(=O)(=O)C2(C)CC2)CC1. The summed E-state index contributed by atoms with van der Waals surface area (Å²) in [6.45, 7) is 8.74. The fourth-order valence-electron chi connectivity index (χ4n) is 4.98. The maximum Gasteiger partial charge on any atom is 0.408 e. The molecule has 0 aromatic carbocycles. The number of likely N-dealkylation sites (tertiary alicyclic amines) is 1. The second-order valence-corrected chi connectivity index (χ2v) is 15.3. The van der Waals surface area contributed by atoms with Gasteiger partial charge in [0.15, 0.2) is 0 Å². The molecule has 3 aliphatic rings. The van der Waals surface area contributed by atoms with Gasteiger partial charge in [0.05, 0.1) is 10.9 Å². The number of unbranched alkanes of at least 4 members (excludes halogenated alkanes) is 5. The number of carbonyl (C=O) groups excluding carboxylic acids is 4. The molecule has 0 spiro atoms. The molecule has 3 rings (SSSR count). The molecule has 41 heavy (non-hydrogen) atoms. The summed E-state index contributed by atoms with van der Waals surface area (Å²) in [6.07, 6.45) is 5.94. The van der Waals surface area contributed by atoms with Gasteiger partial charge in [-0.15, -0.1) is 0 Å². The van der Waals surface area contributed by atoms with Crippen molar-refractivity contribution in [1.82, 2.24) is 20.3 Å². The molecule has 4 amide bonds. The summed E-state index contributed by atoms with van der Waals surface area (Å²) < 4.78 is 31.6. The van der Waals surface area contributed by atoms with Crippen LogP contribution in [-0.2, 0) is 29.1 Å². The number of hydrogen-bond donors (Lipinski definition) is 4. The molecule has 0 aromatic heterocycles. The first kappa shape index (κ1) is 33.1. The van der Waals surface area contributed by atoms with Crippen LogP contribution in [0.5, 0.6) is 0 Å². The predicted molar refractivity (Wildman–Crippen MR) is 152 cm³/mol. The molecule has 3 atom stereocenters. The molecule has 2 aliphatic carbocycles. The number of nitrogens with one attached hydrogen (secondary N) is 3. The van der Waals surface area contributed by atoms with Crippen molar-refractivity contribution in [1.29, 1.82) is 0 Å². The van der Waals surface area contributed by atoms with E-state index in [-0.39, 0.29) is 25.8 Å². The first-order chi connectivity index (χ1) is 19.0. The summed E-state index contributed by atoms with van der Waals surface area (Å²) >= 11 is 0. The predicted octanol–water partition coefficient (Wildman–Crippen LogP) is 2.24. The maximum absolute atomic E-state index is 13.7. The van der Waals surface area contributed by atoms with E-state index in [9.17, 15) is 32.7 Å². The molecule has 1 saturated heterocycles. The Morgan fingerprint density at radius 3 is 2.20 bits per heavy atom. The zero-order valence-electron chi connectivity index (χ0n) is 25.1. The number of sulfonamides is 1. The second kappa shape index (κ2) is 12.8. The third kappa shape index (κ3) is 8.79. The van der Waals surface area contributed by atoms with E-state index in [0.717, 1.165) is 32.1 Å². The van der Waals surface area contributed by atoms with Crippen LogP contribution in [0.25, 0.3) is 0 Å². The van der Waals surface area contributed by atoms with Gasteiger partial charge in [-0.05, 0) is 59.8 Å². The van der Waals surface area contributed by atoms with E-state index in [4.69, 9.17) is 4.74 Å². The van der Waals surface area contributed by atoms with Crippen molar-refractivity contribution in [3.05, 3.63) is 0 Å². The molecule has 1 aliphatic heterocycles. The summed E-state index contributed by atoms with van der Waals surface area (Å²) in [4.78, 5) is 53.8. The van der Waals surface area contributed by atoms with Gasteiger partial charge < -0.3 is 25.4 Å². The van der Waals surface area contributed by atoms with E-state index in [1.54, 1.807) is 27.7 Å². The van der Waals surface area contributed by atoms with E-state index in [2.05, 4.69) is 22.3 Å². The third-order valence-corrected chi connectivity index (χ3v) is 10.2. The van der Waals surface area contributed by atoms with Crippen molar-refractivity contribution < 1.29 is 37.4 Å². The van der Waals surface area contributed by atoms with Crippen molar-refractivity contribution in [3.63, 3.8) is 0 Å². The van der Waals surface area contributed by atoms with Crippen molar-refractivity contribution in [3.8, 4) is 0 Å². The summed E-state index contributed by atoms with van der Waals surface area (Å²) in [5.74, 6) is -1.95. The molecular weight excluding hydrogens is 552 g/mol. The highest BCUT2D eigenvalue weighted by molar-refractivity contribution is 7.91. The standard InChI is InChI=1S/C28H48N4O8S/c1-6-7-8-9-10-11-12-20(29-25(37)40-26(2,3)4)23(35)32-18-19(33)17-21(32)22(34)30-28(15-16-28)24(36)31-41(38,39)27(5)13-14-27/h19-21,33H,6-18H2,1-5H3,(H,29,37)(H,30,34)(H,31,36)/t19-,20+,21+/m1/s1. The van der Waals surface area contributed by atoms with Crippen LogP contribution in [0.15, 0.2) is 0 Å². The molecule has 0 bridgehead atoms. The normalized spacial score (nSPS) is 23.3. The lowest BCUT2D eigenvalue weighted by molar-refractivity contribution is -0.141. The molecule has 2 saturated carbocycles. The quantitative estimate of drug-likeness (QED) is 0.220. The van der Waals surface area contributed by atoms with E-state index < -0.39 is 67.9 Å². The molecule has 1 heterocycles. The van der Waals surface area contributed by atoms with Gasteiger partial charge in [0.25, 0.3) is 5.91 Å². The number of aliphatic hydroxyl groups is 1. The molecule has 3 fully saturated rings. The average Bonchev–Trinajstić information content (AvgIpc) is 3.77. The Balaban J connectivity index is 1.68. The van der Waals surface area contributed by atoms with Crippen LogP contribution in [0.4, 0.5) is 4.79 Å². The van der Waals surface area contributed by atoms with Crippen molar-refractivity contribution >= 4 is 33.8 Å². The Morgan fingerprint density at radius 2 is 1.63 bits per heavy atom. The molecular formula is C28H48N4O8S. The van der Waals surface area contributed by atoms with Gasteiger partial charge in [-0.25, -0.2) is 13.2 Å². The number of hydrogen-bond acceptors (Lipinski definition) is 8. The first-order valence-electron chi connectivity index (χ1n) is 14.9. The number of amides is 4. The van der Waals surface area contributed by atoms with Gasteiger partial charge in [0.1, 0.15) is 23.2 Å². The molecule has 234 valence electrons. The Bertz CT molecular complexity index is 1090. The average molecular weight is 601 g/mol. The topological polar surface area (TPSA) is 171 Å². The van der Waals surface area contributed by atoms with Crippen LogP contribution in [0.2, 0.25) is 0 Å². The number of aliphatic hydroxyl groups excluding tert-OH is 1. The van der Waals surface area contributed by atoms with E-state index in [1.165, 1.54) is 4.90 Å². The molecule has 4 N–H and O–H groups in total. The van der Waals surface area contributed by atoms with Crippen LogP contribution < -0.4 is 15.4 Å². The van der Waals surface area contributed by atoms with E-state index >= 15 is 0 Å². The lowest BCUT2D eigenvalue weighted by Crippen LogP contribution is -2.58. The van der Waals surface area contributed by atoms with Gasteiger partial charge in [0, 0.05) is 13.0 Å². The summed E-state index contributed by atoms with van der Waals surface area (Å²) in [7, 11) is -3.88. The fraction of sp³-hybridized carbons (Fsp3) is 0.857. The number of nitrogens with zero attached hydrogens (tertiary/aromatic N) is 1. The Hall–Kier alpha value is -2.41. The minimum Gasteiger partial charge on any atom is -0.444 e. The lowest BCUT2D eigenvalue weighted by atomic mass is 10.0. The van der Waals surface area contributed by atoms with Gasteiger partial charge >= 0.3 is 6.09 Å². The lowest BCUT2D eigenvalue weighted by Gasteiger charge is -2.30. The Labute approximate surface area is 243 Å². The molecule has 12 nitrogen and oxygen atoms in total. The van der Waals surface area contributed by atoms with Crippen molar-refractivity contribution in [2.24, 2.45) is 0 Å². The highest BCUT2D eigenvalue weighted by Gasteiger charge is 2.57. The minimum absolute atomic E-state index is 0.0399. The highest BCUT2D eigenvalue weighted by Crippen LogP contribution is 2.43. The molecule has 0 unspecified atom stereocenters.